The molecular formula is C25H20BrClN2O3. The number of nitrogens with one attached hydrogen (secondary N) is 1. The molecule has 0 saturated heterocycles. The van der Waals surface area contributed by atoms with Gasteiger partial charge in [-0.25, -0.2) is 0 Å². The van der Waals surface area contributed by atoms with Crippen molar-refractivity contribution < 1.29 is 14.3 Å². The summed E-state index contributed by atoms with van der Waals surface area (Å²) in [6, 6.07) is 21.8. The van der Waals surface area contributed by atoms with E-state index in [1.54, 1.807) is 42.5 Å². The Bertz CT molecular complexity index is 1170. The van der Waals surface area contributed by atoms with Gasteiger partial charge in [0.1, 0.15) is 18.2 Å². The highest BCUT2D eigenvalue weighted by molar-refractivity contribution is 9.10. The van der Waals surface area contributed by atoms with Gasteiger partial charge < -0.3 is 14.8 Å². The molecule has 0 aliphatic carbocycles. The third kappa shape index (κ3) is 6.61. The van der Waals surface area contributed by atoms with Gasteiger partial charge in [0, 0.05) is 15.2 Å². The highest BCUT2D eigenvalue weighted by Crippen LogP contribution is 2.30. The van der Waals surface area contributed by atoms with Crippen molar-refractivity contribution in [2.24, 2.45) is 0 Å². The quantitative estimate of drug-likeness (QED) is 0.272. The third-order valence-corrected chi connectivity index (χ3v) is 5.10. The summed E-state index contributed by atoms with van der Waals surface area (Å²) in [5.74, 6) is 0.586. The van der Waals surface area contributed by atoms with Crippen LogP contribution < -0.4 is 14.8 Å². The van der Waals surface area contributed by atoms with E-state index >= 15 is 0 Å². The van der Waals surface area contributed by atoms with Crippen LogP contribution in [0.15, 0.2) is 76.8 Å². The number of carbonyl (C=O) groups is 1. The first-order chi connectivity index (χ1) is 15.5. The lowest BCUT2D eigenvalue weighted by atomic mass is 10.1. The molecule has 0 radical (unpaired) electrons. The van der Waals surface area contributed by atoms with Crippen LogP contribution in [0.1, 0.15) is 18.1 Å². The van der Waals surface area contributed by atoms with Crippen LogP contribution >= 0.6 is 27.5 Å². The Morgan fingerprint density at radius 3 is 2.56 bits per heavy atom. The maximum absolute atomic E-state index is 12.5. The molecule has 0 fully saturated rings. The average molecular weight is 512 g/mol. The molecule has 162 valence electrons. The fourth-order valence-electron chi connectivity index (χ4n) is 2.82. The Balaban J connectivity index is 1.77. The van der Waals surface area contributed by atoms with Crippen LogP contribution in [0.2, 0.25) is 5.02 Å². The largest absolute Gasteiger partial charge is 0.490 e. The van der Waals surface area contributed by atoms with Gasteiger partial charge in [0.05, 0.1) is 6.61 Å². The van der Waals surface area contributed by atoms with Crippen molar-refractivity contribution in [2.45, 2.75) is 13.5 Å². The van der Waals surface area contributed by atoms with Gasteiger partial charge in [-0.15, -0.1) is 0 Å². The Kier molecular flexibility index (Phi) is 8.32. The smallest absolute Gasteiger partial charge is 0.266 e. The Hall–Kier alpha value is -3.27. The predicted molar refractivity (Wildman–Crippen MR) is 130 cm³/mol. The normalized spacial score (nSPS) is 10.9. The fourth-order valence-corrected chi connectivity index (χ4v) is 3.28. The van der Waals surface area contributed by atoms with Gasteiger partial charge >= 0.3 is 0 Å². The minimum atomic E-state index is -0.525. The van der Waals surface area contributed by atoms with Crippen LogP contribution in [0.3, 0.4) is 0 Å². The molecule has 32 heavy (non-hydrogen) atoms. The number of carbonyl (C=O) groups excluding carboxylic acids is 1. The fraction of sp³-hybridized carbons (Fsp3) is 0.120. The van der Waals surface area contributed by atoms with Gasteiger partial charge in [0.2, 0.25) is 0 Å². The van der Waals surface area contributed by atoms with Crippen molar-refractivity contribution in [1.82, 2.24) is 0 Å². The standard InChI is InChI=1S/C25H20BrClN2O3/c1-2-31-24-13-18(8-11-23(24)32-16-17-6-9-20(26)10-7-17)12-19(15-28)25(30)29-22-5-3-4-21(27)14-22/h3-14H,2,16H2,1H3,(H,29,30)/b19-12+. The SMILES string of the molecule is CCOc1cc(/C=C(\C#N)C(=O)Nc2cccc(Cl)c2)ccc1OCc1ccc(Br)cc1. The molecule has 0 heterocycles. The second-order valence-corrected chi connectivity index (χ2v) is 8.04. The van der Waals surface area contributed by atoms with Crippen LogP contribution in [0.25, 0.3) is 6.08 Å². The molecule has 7 heteroatoms. The first-order valence-corrected chi connectivity index (χ1v) is 11.0. The van der Waals surface area contributed by atoms with E-state index < -0.39 is 5.91 Å². The van der Waals surface area contributed by atoms with Crippen LogP contribution in [0, 0.1) is 11.3 Å². The van der Waals surface area contributed by atoms with E-state index in [4.69, 9.17) is 21.1 Å². The van der Waals surface area contributed by atoms with Crippen LogP contribution in [0.5, 0.6) is 11.5 Å². The van der Waals surface area contributed by atoms with Crippen molar-refractivity contribution in [1.29, 1.82) is 5.26 Å². The molecule has 5 nitrogen and oxygen atoms in total. The summed E-state index contributed by atoms with van der Waals surface area (Å²) in [4.78, 5) is 12.5. The number of benzene rings is 3. The highest BCUT2D eigenvalue weighted by Gasteiger charge is 2.12. The maximum Gasteiger partial charge on any atom is 0.266 e. The number of nitriles is 1. The van der Waals surface area contributed by atoms with Crippen molar-refractivity contribution >= 4 is 45.2 Å². The molecule has 1 amide bonds. The number of anilines is 1. The van der Waals surface area contributed by atoms with Crippen molar-refractivity contribution in [3.05, 3.63) is 92.9 Å². The Morgan fingerprint density at radius 2 is 1.88 bits per heavy atom. The lowest BCUT2D eigenvalue weighted by molar-refractivity contribution is -0.112. The van der Waals surface area contributed by atoms with Gasteiger partial charge in [-0.2, -0.15) is 5.26 Å². The van der Waals surface area contributed by atoms with E-state index in [0.717, 1.165) is 10.0 Å². The predicted octanol–water partition coefficient (Wildman–Crippen LogP) is 6.63. The lowest BCUT2D eigenvalue weighted by Crippen LogP contribution is -2.13. The van der Waals surface area contributed by atoms with Crippen LogP contribution in [-0.4, -0.2) is 12.5 Å². The van der Waals surface area contributed by atoms with E-state index in [-0.39, 0.29) is 5.57 Å². The highest BCUT2D eigenvalue weighted by atomic mass is 79.9. The summed E-state index contributed by atoms with van der Waals surface area (Å²) in [6.45, 7) is 2.70. The Morgan fingerprint density at radius 1 is 1.09 bits per heavy atom. The summed E-state index contributed by atoms with van der Waals surface area (Å²) < 4.78 is 12.6. The van der Waals surface area contributed by atoms with Crippen molar-refractivity contribution in [2.75, 3.05) is 11.9 Å². The molecule has 1 N–H and O–H groups in total. The summed E-state index contributed by atoms with van der Waals surface area (Å²) in [5.41, 5.74) is 2.12. The first-order valence-electron chi connectivity index (χ1n) is 9.81. The van der Waals surface area contributed by atoms with E-state index in [9.17, 15) is 10.1 Å². The summed E-state index contributed by atoms with van der Waals surface area (Å²) >= 11 is 9.36. The number of nitrogens with zero attached hydrogens (tertiary/aromatic N) is 1. The Labute approximate surface area is 200 Å². The van der Waals surface area contributed by atoms with Gasteiger partial charge in [0.15, 0.2) is 11.5 Å². The molecular weight excluding hydrogens is 492 g/mol. The average Bonchev–Trinajstić information content (AvgIpc) is 2.78. The third-order valence-electron chi connectivity index (χ3n) is 4.33. The topological polar surface area (TPSA) is 71.3 Å². The van der Waals surface area contributed by atoms with Gasteiger partial charge in [-0.05, 0) is 66.6 Å². The van der Waals surface area contributed by atoms with Gasteiger partial charge in [-0.3, -0.25) is 4.79 Å². The van der Waals surface area contributed by atoms with E-state index in [1.165, 1.54) is 6.08 Å². The number of hydrogen-bond acceptors (Lipinski definition) is 4. The number of amides is 1. The minimum absolute atomic E-state index is 0.0454. The van der Waals surface area contributed by atoms with E-state index in [2.05, 4.69) is 21.2 Å². The molecule has 0 spiro atoms. The zero-order chi connectivity index (χ0) is 22.9. The molecule has 0 saturated carbocycles. The molecule has 0 aromatic heterocycles. The lowest BCUT2D eigenvalue weighted by Gasteiger charge is -2.13. The second-order valence-electron chi connectivity index (χ2n) is 6.69. The monoisotopic (exact) mass is 510 g/mol. The van der Waals surface area contributed by atoms with Crippen LogP contribution in [0.4, 0.5) is 5.69 Å². The second kappa shape index (κ2) is 11.4. The van der Waals surface area contributed by atoms with Gasteiger partial charge in [0.25, 0.3) is 5.91 Å². The first kappa shape index (κ1) is 23.4. The van der Waals surface area contributed by atoms with Crippen molar-refractivity contribution in [3.63, 3.8) is 0 Å². The minimum Gasteiger partial charge on any atom is -0.490 e. The molecule has 3 rings (SSSR count). The summed E-state index contributed by atoms with van der Waals surface area (Å²) in [6.07, 6.45) is 1.50. The summed E-state index contributed by atoms with van der Waals surface area (Å²) in [5, 5.41) is 12.6. The number of hydrogen-bond donors (Lipinski definition) is 1. The van der Waals surface area contributed by atoms with E-state index in [1.807, 2.05) is 37.3 Å². The van der Waals surface area contributed by atoms with Crippen LogP contribution in [-0.2, 0) is 11.4 Å². The molecule has 0 unspecified atom stereocenters. The maximum atomic E-state index is 12.5. The molecule has 0 aliphatic heterocycles. The number of rotatable bonds is 8. The summed E-state index contributed by atoms with van der Waals surface area (Å²) in [7, 11) is 0. The number of ether oxygens (including phenoxy) is 2. The molecule has 0 bridgehead atoms. The van der Waals surface area contributed by atoms with Crippen molar-refractivity contribution in [3.8, 4) is 17.6 Å². The molecule has 3 aromatic carbocycles. The zero-order valence-electron chi connectivity index (χ0n) is 17.3. The van der Waals surface area contributed by atoms with Gasteiger partial charge in [-0.1, -0.05) is 51.8 Å². The zero-order valence-corrected chi connectivity index (χ0v) is 19.6. The molecule has 0 aliphatic rings. The molecule has 0 atom stereocenters. The van der Waals surface area contributed by atoms with E-state index in [0.29, 0.717) is 41.0 Å². The number of halogens is 2. The molecule has 3 aromatic rings.